The van der Waals surface area contributed by atoms with Gasteiger partial charge in [0.05, 0.1) is 5.69 Å². The molecular formula is C17H20N2. The van der Waals surface area contributed by atoms with Gasteiger partial charge in [0.25, 0.3) is 0 Å². The van der Waals surface area contributed by atoms with Gasteiger partial charge in [0.15, 0.2) is 0 Å². The van der Waals surface area contributed by atoms with Crippen LogP contribution in [0, 0.1) is 0 Å². The minimum Gasteiger partial charge on any atom is -0.325 e. The van der Waals surface area contributed by atoms with Gasteiger partial charge in [-0.15, -0.1) is 0 Å². The lowest BCUT2D eigenvalue weighted by molar-refractivity contribution is 0.548. The number of imidazole rings is 1. The first kappa shape index (κ1) is 11.3. The van der Waals surface area contributed by atoms with Gasteiger partial charge in [-0.2, -0.15) is 0 Å². The van der Waals surface area contributed by atoms with Crippen molar-refractivity contribution in [2.45, 2.75) is 51.0 Å². The summed E-state index contributed by atoms with van der Waals surface area (Å²) in [6.45, 7) is 4.56. The molecule has 0 N–H and O–H groups in total. The lowest BCUT2D eigenvalue weighted by atomic mass is 10.0. The molecule has 2 heteroatoms. The van der Waals surface area contributed by atoms with Crippen LogP contribution in [0.25, 0.3) is 11.4 Å². The SMILES string of the molecule is CC(C)n1c(-c2ccccc2)nc2c1C1CCC2C1. The fraction of sp³-hybridized carbons (Fsp3) is 0.471. The lowest BCUT2D eigenvalue weighted by Gasteiger charge is -2.19. The van der Waals surface area contributed by atoms with Crippen molar-refractivity contribution in [3.05, 3.63) is 41.7 Å². The van der Waals surface area contributed by atoms with Gasteiger partial charge in [-0.1, -0.05) is 30.3 Å². The van der Waals surface area contributed by atoms with Gasteiger partial charge in [-0.25, -0.2) is 4.98 Å². The third kappa shape index (κ3) is 1.52. The molecule has 1 fully saturated rings. The van der Waals surface area contributed by atoms with Gasteiger partial charge in [0, 0.05) is 29.1 Å². The maximum Gasteiger partial charge on any atom is 0.140 e. The van der Waals surface area contributed by atoms with E-state index in [-0.39, 0.29) is 0 Å². The molecule has 2 bridgehead atoms. The van der Waals surface area contributed by atoms with E-state index in [4.69, 9.17) is 4.98 Å². The van der Waals surface area contributed by atoms with Crippen molar-refractivity contribution in [1.82, 2.24) is 9.55 Å². The third-order valence-corrected chi connectivity index (χ3v) is 4.73. The van der Waals surface area contributed by atoms with Crippen molar-refractivity contribution in [3.63, 3.8) is 0 Å². The Labute approximate surface area is 114 Å². The van der Waals surface area contributed by atoms with E-state index in [1.807, 2.05) is 0 Å². The summed E-state index contributed by atoms with van der Waals surface area (Å²) in [6, 6.07) is 11.1. The Morgan fingerprint density at radius 2 is 1.84 bits per heavy atom. The number of hydrogen-bond acceptors (Lipinski definition) is 1. The van der Waals surface area contributed by atoms with Crippen molar-refractivity contribution >= 4 is 0 Å². The van der Waals surface area contributed by atoms with Gasteiger partial charge in [0.1, 0.15) is 5.82 Å². The highest BCUT2D eigenvalue weighted by atomic mass is 15.1. The van der Waals surface area contributed by atoms with Gasteiger partial charge in [-0.05, 0) is 33.1 Å². The zero-order valence-corrected chi connectivity index (χ0v) is 11.6. The molecule has 1 aromatic heterocycles. The smallest absolute Gasteiger partial charge is 0.140 e. The summed E-state index contributed by atoms with van der Waals surface area (Å²) in [5.41, 5.74) is 4.21. The molecule has 4 rings (SSSR count). The first-order valence-electron chi connectivity index (χ1n) is 7.43. The van der Waals surface area contributed by atoms with Crippen molar-refractivity contribution in [2.75, 3.05) is 0 Å². The topological polar surface area (TPSA) is 17.8 Å². The Hall–Kier alpha value is -1.57. The summed E-state index contributed by atoms with van der Waals surface area (Å²) in [5.74, 6) is 2.69. The standard InChI is InChI=1S/C17H20N2/c1-11(2)19-16-14-9-8-13(10-14)15(16)18-17(19)12-6-4-3-5-7-12/h3-7,11,13-14H,8-10H2,1-2H3. The van der Waals surface area contributed by atoms with E-state index < -0.39 is 0 Å². The highest BCUT2D eigenvalue weighted by Gasteiger charge is 2.42. The maximum atomic E-state index is 5.03. The number of hydrogen-bond donors (Lipinski definition) is 0. The quantitative estimate of drug-likeness (QED) is 0.769. The fourth-order valence-corrected chi connectivity index (χ4v) is 3.96. The molecule has 2 aliphatic rings. The molecule has 0 spiro atoms. The number of nitrogens with zero attached hydrogens (tertiary/aromatic N) is 2. The zero-order valence-electron chi connectivity index (χ0n) is 11.6. The average Bonchev–Trinajstić information content (AvgIpc) is 3.10. The van der Waals surface area contributed by atoms with E-state index in [0.717, 1.165) is 11.8 Å². The van der Waals surface area contributed by atoms with Gasteiger partial charge in [-0.3, -0.25) is 0 Å². The molecule has 2 nitrogen and oxygen atoms in total. The lowest BCUT2D eigenvalue weighted by Crippen LogP contribution is -2.10. The van der Waals surface area contributed by atoms with Crippen LogP contribution in [0.15, 0.2) is 30.3 Å². The second kappa shape index (κ2) is 3.96. The van der Waals surface area contributed by atoms with E-state index in [0.29, 0.717) is 6.04 Å². The molecule has 2 atom stereocenters. The van der Waals surface area contributed by atoms with Crippen LogP contribution in [-0.2, 0) is 0 Å². The molecule has 0 amide bonds. The van der Waals surface area contributed by atoms with Crippen LogP contribution >= 0.6 is 0 Å². The molecule has 98 valence electrons. The fourth-order valence-electron chi connectivity index (χ4n) is 3.96. The van der Waals surface area contributed by atoms with E-state index in [1.54, 1.807) is 5.69 Å². The number of aromatic nitrogens is 2. The number of benzene rings is 1. The van der Waals surface area contributed by atoms with Crippen molar-refractivity contribution < 1.29 is 0 Å². The highest BCUT2D eigenvalue weighted by molar-refractivity contribution is 5.58. The van der Waals surface area contributed by atoms with Gasteiger partial charge >= 0.3 is 0 Å². The molecule has 2 aliphatic carbocycles. The van der Waals surface area contributed by atoms with E-state index in [9.17, 15) is 0 Å². The largest absolute Gasteiger partial charge is 0.325 e. The van der Waals surface area contributed by atoms with Crippen molar-refractivity contribution in [2.24, 2.45) is 0 Å². The van der Waals surface area contributed by atoms with Crippen LogP contribution in [0.4, 0.5) is 0 Å². The molecule has 0 saturated heterocycles. The summed E-state index contributed by atoms with van der Waals surface area (Å²) < 4.78 is 2.49. The van der Waals surface area contributed by atoms with Crippen molar-refractivity contribution in [3.8, 4) is 11.4 Å². The van der Waals surface area contributed by atoms with Crippen LogP contribution in [0.1, 0.15) is 62.4 Å². The molecule has 2 unspecified atom stereocenters. The first-order valence-corrected chi connectivity index (χ1v) is 7.43. The van der Waals surface area contributed by atoms with Crippen LogP contribution in [0.5, 0.6) is 0 Å². The molecule has 1 aromatic carbocycles. The second-order valence-electron chi connectivity index (χ2n) is 6.24. The number of fused-ring (bicyclic) bond motifs is 5. The van der Waals surface area contributed by atoms with Crippen LogP contribution in [-0.4, -0.2) is 9.55 Å². The van der Waals surface area contributed by atoms with E-state index in [1.165, 1.54) is 36.3 Å². The summed E-state index contributed by atoms with van der Waals surface area (Å²) in [6.07, 6.45) is 4.06. The van der Waals surface area contributed by atoms with Gasteiger partial charge < -0.3 is 4.57 Å². The Bertz CT molecular complexity index is 610. The minimum atomic E-state index is 0.491. The first-order chi connectivity index (χ1) is 9.25. The molecule has 2 aromatic rings. The minimum absolute atomic E-state index is 0.491. The molecule has 0 aliphatic heterocycles. The van der Waals surface area contributed by atoms with Crippen LogP contribution in [0.3, 0.4) is 0 Å². The summed E-state index contributed by atoms with van der Waals surface area (Å²) in [4.78, 5) is 5.03. The zero-order chi connectivity index (χ0) is 13.0. The highest BCUT2D eigenvalue weighted by Crippen LogP contribution is 2.54. The predicted octanol–water partition coefficient (Wildman–Crippen LogP) is 4.50. The predicted molar refractivity (Wildman–Crippen MR) is 77.4 cm³/mol. The Kier molecular flexibility index (Phi) is 2.35. The third-order valence-electron chi connectivity index (χ3n) is 4.73. The van der Waals surface area contributed by atoms with Crippen molar-refractivity contribution in [1.29, 1.82) is 0 Å². The molecule has 1 saturated carbocycles. The molecule has 1 heterocycles. The Morgan fingerprint density at radius 3 is 2.58 bits per heavy atom. The summed E-state index contributed by atoms with van der Waals surface area (Å²) >= 11 is 0. The molecule has 19 heavy (non-hydrogen) atoms. The Morgan fingerprint density at radius 1 is 1.11 bits per heavy atom. The maximum absolute atomic E-state index is 5.03. The van der Waals surface area contributed by atoms with Crippen LogP contribution < -0.4 is 0 Å². The van der Waals surface area contributed by atoms with Gasteiger partial charge in [0.2, 0.25) is 0 Å². The molecular weight excluding hydrogens is 232 g/mol. The summed E-state index contributed by atoms with van der Waals surface area (Å²) in [5, 5.41) is 0. The second-order valence-corrected chi connectivity index (χ2v) is 6.24. The van der Waals surface area contributed by atoms with E-state index in [2.05, 4.69) is 48.7 Å². The normalized spacial score (nSPS) is 24.2. The number of rotatable bonds is 2. The average molecular weight is 252 g/mol. The molecule has 0 radical (unpaired) electrons. The van der Waals surface area contributed by atoms with E-state index >= 15 is 0 Å². The Balaban J connectivity index is 1.94. The van der Waals surface area contributed by atoms with Crippen LogP contribution in [0.2, 0.25) is 0 Å². The monoisotopic (exact) mass is 252 g/mol. The summed E-state index contributed by atoms with van der Waals surface area (Å²) in [7, 11) is 0.